The van der Waals surface area contributed by atoms with Crippen LogP contribution in [0.2, 0.25) is 0 Å². The zero-order valence-corrected chi connectivity index (χ0v) is 14.4. The van der Waals surface area contributed by atoms with Crippen molar-refractivity contribution in [3.05, 3.63) is 35.2 Å². The molecule has 22 heavy (non-hydrogen) atoms. The number of anilines is 1. The van der Waals surface area contributed by atoms with Crippen LogP contribution in [0.1, 0.15) is 32.3 Å². The van der Waals surface area contributed by atoms with Gasteiger partial charge in [-0.3, -0.25) is 9.59 Å². The van der Waals surface area contributed by atoms with Gasteiger partial charge in [-0.2, -0.15) is 0 Å². The van der Waals surface area contributed by atoms with E-state index in [1.807, 2.05) is 17.5 Å². The highest BCUT2D eigenvalue weighted by Crippen LogP contribution is 2.26. The molecule has 0 unspecified atom stereocenters. The van der Waals surface area contributed by atoms with Crippen LogP contribution in [0.15, 0.2) is 29.6 Å². The number of aromatic nitrogens is 1. The van der Waals surface area contributed by atoms with Crippen molar-refractivity contribution in [3.8, 4) is 11.3 Å². The van der Waals surface area contributed by atoms with Crippen LogP contribution in [0.4, 0.5) is 5.13 Å². The SMILES string of the molecule is CC(=O)SCC(=O)Nc1nc(-c2ccc(C(C)C)cc2)cs1. The maximum atomic E-state index is 11.7. The zero-order chi connectivity index (χ0) is 16.1. The van der Waals surface area contributed by atoms with E-state index in [9.17, 15) is 9.59 Å². The lowest BCUT2D eigenvalue weighted by Gasteiger charge is -2.05. The topological polar surface area (TPSA) is 59.1 Å². The second-order valence-corrected chi connectivity index (χ2v) is 7.15. The molecule has 0 atom stereocenters. The molecule has 0 radical (unpaired) electrons. The fourth-order valence-corrected chi connectivity index (χ4v) is 2.97. The summed E-state index contributed by atoms with van der Waals surface area (Å²) in [4.78, 5) is 26.9. The van der Waals surface area contributed by atoms with Crippen LogP contribution in [-0.4, -0.2) is 21.8 Å². The van der Waals surface area contributed by atoms with Crippen LogP contribution in [0.3, 0.4) is 0 Å². The molecule has 1 amide bonds. The van der Waals surface area contributed by atoms with E-state index in [-0.39, 0.29) is 16.8 Å². The fraction of sp³-hybridized carbons (Fsp3) is 0.312. The maximum absolute atomic E-state index is 11.7. The summed E-state index contributed by atoms with van der Waals surface area (Å²) in [5.41, 5.74) is 3.16. The van der Waals surface area contributed by atoms with Gasteiger partial charge in [-0.25, -0.2) is 4.98 Å². The molecule has 1 aromatic heterocycles. The normalized spacial score (nSPS) is 10.7. The van der Waals surface area contributed by atoms with Crippen molar-refractivity contribution in [2.24, 2.45) is 0 Å². The first-order valence-corrected chi connectivity index (χ1v) is 8.81. The molecule has 6 heteroatoms. The van der Waals surface area contributed by atoms with E-state index in [4.69, 9.17) is 0 Å². The average molecular weight is 334 g/mol. The molecule has 1 aromatic carbocycles. The molecule has 0 aliphatic carbocycles. The summed E-state index contributed by atoms with van der Waals surface area (Å²) in [6, 6.07) is 8.28. The molecular formula is C16H18N2O2S2. The minimum absolute atomic E-state index is 0.0692. The molecule has 1 heterocycles. The van der Waals surface area contributed by atoms with Gasteiger partial charge < -0.3 is 5.32 Å². The third-order valence-corrected chi connectivity index (χ3v) is 4.60. The summed E-state index contributed by atoms with van der Waals surface area (Å²) in [5.74, 6) is 0.405. The van der Waals surface area contributed by atoms with E-state index < -0.39 is 0 Å². The quantitative estimate of drug-likeness (QED) is 0.892. The molecular weight excluding hydrogens is 316 g/mol. The van der Waals surface area contributed by atoms with Crippen LogP contribution in [-0.2, 0) is 9.59 Å². The summed E-state index contributed by atoms with van der Waals surface area (Å²) in [6.07, 6.45) is 0. The summed E-state index contributed by atoms with van der Waals surface area (Å²) >= 11 is 2.37. The van der Waals surface area contributed by atoms with Gasteiger partial charge in [0.2, 0.25) is 5.91 Å². The Kier molecular flexibility index (Phi) is 5.74. The lowest BCUT2D eigenvalue weighted by atomic mass is 10.0. The minimum Gasteiger partial charge on any atom is -0.301 e. The van der Waals surface area contributed by atoms with Gasteiger partial charge in [0.1, 0.15) is 0 Å². The number of rotatable bonds is 5. The van der Waals surface area contributed by atoms with Gasteiger partial charge in [-0.1, -0.05) is 49.9 Å². The third kappa shape index (κ3) is 4.68. The van der Waals surface area contributed by atoms with E-state index in [0.717, 1.165) is 23.0 Å². The molecule has 0 saturated heterocycles. The first kappa shape index (κ1) is 16.7. The van der Waals surface area contributed by atoms with Gasteiger partial charge in [0.05, 0.1) is 11.4 Å². The molecule has 0 fully saturated rings. The Hall–Kier alpha value is -1.66. The Morgan fingerprint density at radius 2 is 1.95 bits per heavy atom. The van der Waals surface area contributed by atoms with Crippen LogP contribution < -0.4 is 5.32 Å². The fourth-order valence-electron chi connectivity index (χ4n) is 1.83. The zero-order valence-electron chi connectivity index (χ0n) is 12.8. The largest absolute Gasteiger partial charge is 0.301 e. The monoisotopic (exact) mass is 334 g/mol. The smallest absolute Gasteiger partial charge is 0.236 e. The number of thiazole rings is 1. The van der Waals surface area contributed by atoms with Crippen LogP contribution in [0.5, 0.6) is 0 Å². The summed E-state index contributed by atoms with van der Waals surface area (Å²) < 4.78 is 0. The first-order chi connectivity index (χ1) is 10.5. The number of hydrogen-bond donors (Lipinski definition) is 1. The lowest BCUT2D eigenvalue weighted by molar-refractivity contribution is -0.114. The average Bonchev–Trinajstić information content (AvgIpc) is 2.93. The number of nitrogens with zero attached hydrogens (tertiary/aromatic N) is 1. The maximum Gasteiger partial charge on any atom is 0.236 e. The van der Waals surface area contributed by atoms with Gasteiger partial charge in [0.25, 0.3) is 0 Å². The van der Waals surface area contributed by atoms with Gasteiger partial charge in [0, 0.05) is 17.9 Å². The Labute approximate surface area is 138 Å². The minimum atomic E-state index is -0.212. The van der Waals surface area contributed by atoms with E-state index >= 15 is 0 Å². The van der Waals surface area contributed by atoms with Crippen molar-refractivity contribution in [3.63, 3.8) is 0 Å². The molecule has 0 aliphatic heterocycles. The van der Waals surface area contributed by atoms with E-state index in [0.29, 0.717) is 11.0 Å². The van der Waals surface area contributed by atoms with Crippen molar-refractivity contribution < 1.29 is 9.59 Å². The van der Waals surface area contributed by atoms with Crippen molar-refractivity contribution in [1.82, 2.24) is 4.98 Å². The Morgan fingerprint density at radius 1 is 1.27 bits per heavy atom. The van der Waals surface area contributed by atoms with Gasteiger partial charge in [-0.15, -0.1) is 11.3 Å². The first-order valence-electron chi connectivity index (χ1n) is 6.95. The molecule has 4 nitrogen and oxygen atoms in total. The van der Waals surface area contributed by atoms with E-state index in [2.05, 4.69) is 36.3 Å². The lowest BCUT2D eigenvalue weighted by Crippen LogP contribution is -2.14. The second-order valence-electron chi connectivity index (χ2n) is 5.14. The van der Waals surface area contributed by atoms with Crippen molar-refractivity contribution in [2.45, 2.75) is 26.7 Å². The highest BCUT2D eigenvalue weighted by molar-refractivity contribution is 8.14. The summed E-state index contributed by atoms with van der Waals surface area (Å²) in [6.45, 7) is 5.76. The Bertz CT molecular complexity index is 663. The number of carbonyl (C=O) groups is 2. The highest BCUT2D eigenvalue weighted by atomic mass is 32.2. The molecule has 0 saturated carbocycles. The number of amides is 1. The number of hydrogen-bond acceptors (Lipinski definition) is 5. The number of nitrogens with one attached hydrogen (secondary N) is 1. The number of thioether (sulfide) groups is 1. The van der Waals surface area contributed by atoms with Crippen LogP contribution in [0, 0.1) is 0 Å². The third-order valence-electron chi connectivity index (χ3n) is 3.03. The number of benzene rings is 1. The van der Waals surface area contributed by atoms with Crippen LogP contribution >= 0.6 is 23.1 Å². The summed E-state index contributed by atoms with van der Waals surface area (Å²) in [5, 5.41) is 5.11. The van der Waals surface area contributed by atoms with Crippen molar-refractivity contribution >= 4 is 39.3 Å². The van der Waals surface area contributed by atoms with Gasteiger partial charge in [0.15, 0.2) is 10.2 Å². The Balaban J connectivity index is 2.01. The molecule has 0 bridgehead atoms. The molecule has 2 aromatic rings. The molecule has 0 spiro atoms. The van der Waals surface area contributed by atoms with Gasteiger partial charge in [-0.05, 0) is 11.5 Å². The van der Waals surface area contributed by atoms with E-state index in [1.54, 1.807) is 0 Å². The predicted molar refractivity (Wildman–Crippen MR) is 93.4 cm³/mol. The summed E-state index contributed by atoms with van der Waals surface area (Å²) in [7, 11) is 0. The molecule has 2 rings (SSSR count). The highest BCUT2D eigenvalue weighted by Gasteiger charge is 2.09. The van der Waals surface area contributed by atoms with E-state index in [1.165, 1.54) is 23.8 Å². The second kappa shape index (κ2) is 7.56. The van der Waals surface area contributed by atoms with Crippen molar-refractivity contribution in [1.29, 1.82) is 0 Å². The molecule has 1 N–H and O–H groups in total. The molecule has 116 valence electrons. The van der Waals surface area contributed by atoms with Gasteiger partial charge >= 0.3 is 0 Å². The molecule has 0 aliphatic rings. The number of carbonyl (C=O) groups excluding carboxylic acids is 2. The predicted octanol–water partition coefficient (Wildman–Crippen LogP) is 4.15. The standard InChI is InChI=1S/C16H18N2O2S2/c1-10(2)12-4-6-13(7-5-12)14-8-22-16(17-14)18-15(20)9-21-11(3)19/h4-8,10H,9H2,1-3H3,(H,17,18,20). The van der Waals surface area contributed by atoms with Crippen LogP contribution in [0.25, 0.3) is 11.3 Å². The van der Waals surface area contributed by atoms with Crippen molar-refractivity contribution in [2.75, 3.05) is 11.1 Å². The Morgan fingerprint density at radius 3 is 2.55 bits per heavy atom.